The number of ether oxygens (including phenoxy) is 1. The molecular formula is C16H17N3O5. The maximum atomic E-state index is 12.3. The second kappa shape index (κ2) is 6.95. The van der Waals surface area contributed by atoms with Crippen LogP contribution in [0, 0.1) is 10.1 Å². The summed E-state index contributed by atoms with van der Waals surface area (Å²) in [5.41, 5.74) is 0.939. The van der Waals surface area contributed by atoms with Crippen molar-refractivity contribution in [2.24, 2.45) is 0 Å². The highest BCUT2D eigenvalue weighted by molar-refractivity contribution is 5.95. The predicted octanol–water partition coefficient (Wildman–Crippen LogP) is 2.29. The quantitative estimate of drug-likeness (QED) is 0.386. The smallest absolute Gasteiger partial charge is 0.337 e. The van der Waals surface area contributed by atoms with E-state index in [9.17, 15) is 19.7 Å². The van der Waals surface area contributed by atoms with E-state index in [1.54, 1.807) is 13.0 Å². The number of carbonyl (C=O) groups excluding carboxylic acids is 2. The Morgan fingerprint density at radius 1 is 1.54 bits per heavy atom. The van der Waals surface area contributed by atoms with Gasteiger partial charge in [0.15, 0.2) is 0 Å². The van der Waals surface area contributed by atoms with Crippen molar-refractivity contribution in [2.45, 2.75) is 13.0 Å². The predicted molar refractivity (Wildman–Crippen MR) is 86.0 cm³/mol. The van der Waals surface area contributed by atoms with E-state index < -0.39 is 23.0 Å². The molecule has 126 valence electrons. The van der Waals surface area contributed by atoms with Crippen LogP contribution in [0.1, 0.15) is 18.5 Å². The molecule has 0 saturated heterocycles. The van der Waals surface area contributed by atoms with E-state index in [4.69, 9.17) is 4.74 Å². The van der Waals surface area contributed by atoms with Gasteiger partial charge in [-0.2, -0.15) is 0 Å². The van der Waals surface area contributed by atoms with Crippen molar-refractivity contribution in [3.63, 3.8) is 0 Å². The van der Waals surface area contributed by atoms with Gasteiger partial charge in [-0.1, -0.05) is 18.2 Å². The van der Waals surface area contributed by atoms with Gasteiger partial charge in [-0.3, -0.25) is 15.0 Å². The van der Waals surface area contributed by atoms with E-state index in [-0.39, 0.29) is 17.8 Å². The number of benzene rings is 1. The third-order valence-electron chi connectivity index (χ3n) is 3.73. The lowest BCUT2D eigenvalue weighted by atomic mass is 9.94. The number of carbonyl (C=O) groups is 2. The second-order valence-corrected chi connectivity index (χ2v) is 5.12. The van der Waals surface area contributed by atoms with Gasteiger partial charge in [-0.25, -0.2) is 9.59 Å². The third-order valence-corrected chi connectivity index (χ3v) is 3.73. The summed E-state index contributed by atoms with van der Waals surface area (Å²) in [7, 11) is 1.24. The Labute approximate surface area is 138 Å². The molecule has 0 fully saturated rings. The second-order valence-electron chi connectivity index (χ2n) is 5.12. The first-order chi connectivity index (χ1) is 11.4. The first-order valence-electron chi connectivity index (χ1n) is 7.13. The topological polar surface area (TPSA) is 102 Å². The Hall–Kier alpha value is -3.16. The lowest BCUT2D eigenvalue weighted by Gasteiger charge is -2.34. The Kier molecular flexibility index (Phi) is 4.98. The van der Waals surface area contributed by atoms with Crippen LogP contribution < -0.4 is 5.32 Å². The Balaban J connectivity index is 2.57. The zero-order valence-electron chi connectivity index (χ0n) is 13.3. The molecule has 0 radical (unpaired) electrons. The molecule has 2 amide bonds. The fraction of sp³-hybridized carbons (Fsp3) is 0.250. The van der Waals surface area contributed by atoms with E-state index in [0.29, 0.717) is 11.3 Å². The van der Waals surface area contributed by atoms with Crippen LogP contribution in [-0.4, -0.2) is 35.5 Å². The number of nitro groups is 1. The highest BCUT2D eigenvalue weighted by Crippen LogP contribution is 2.32. The minimum atomic E-state index is -0.828. The molecule has 8 nitrogen and oxygen atoms in total. The van der Waals surface area contributed by atoms with Gasteiger partial charge in [0, 0.05) is 24.4 Å². The van der Waals surface area contributed by atoms with Crippen molar-refractivity contribution < 1.29 is 19.2 Å². The van der Waals surface area contributed by atoms with Gasteiger partial charge in [-0.15, -0.1) is 6.58 Å². The lowest BCUT2D eigenvalue weighted by Crippen LogP contribution is -2.48. The van der Waals surface area contributed by atoms with Crippen molar-refractivity contribution in [1.82, 2.24) is 10.2 Å². The summed E-state index contributed by atoms with van der Waals surface area (Å²) in [5, 5.41) is 13.7. The van der Waals surface area contributed by atoms with E-state index in [2.05, 4.69) is 11.9 Å². The number of rotatable bonds is 5. The summed E-state index contributed by atoms with van der Waals surface area (Å²) in [6.07, 6.45) is 1.53. The van der Waals surface area contributed by atoms with Crippen molar-refractivity contribution in [3.05, 3.63) is 63.9 Å². The largest absolute Gasteiger partial charge is 0.466 e. The summed E-state index contributed by atoms with van der Waals surface area (Å²) in [6, 6.07) is 4.52. The fourth-order valence-corrected chi connectivity index (χ4v) is 2.57. The number of methoxy groups -OCH3 is 1. The number of hydrogen-bond donors (Lipinski definition) is 1. The molecule has 1 aliphatic rings. The average Bonchev–Trinajstić information content (AvgIpc) is 2.57. The Morgan fingerprint density at radius 2 is 2.25 bits per heavy atom. The molecule has 1 N–H and O–H groups in total. The van der Waals surface area contributed by atoms with Crippen molar-refractivity contribution >= 4 is 17.7 Å². The number of nitro benzene ring substituents is 1. The van der Waals surface area contributed by atoms with Crippen LogP contribution in [0.2, 0.25) is 0 Å². The van der Waals surface area contributed by atoms with Gasteiger partial charge in [-0.05, 0) is 12.5 Å². The van der Waals surface area contributed by atoms with Crippen molar-refractivity contribution in [3.8, 4) is 0 Å². The van der Waals surface area contributed by atoms with Gasteiger partial charge in [0.1, 0.15) is 0 Å². The van der Waals surface area contributed by atoms with Crippen LogP contribution >= 0.6 is 0 Å². The van der Waals surface area contributed by atoms with E-state index >= 15 is 0 Å². The van der Waals surface area contributed by atoms with E-state index in [0.717, 1.165) is 0 Å². The first kappa shape index (κ1) is 17.2. The standard InChI is InChI=1S/C16H17N3O5/c1-4-8-18-10(2)13(15(20)24-3)14(17-16(18)21)11-6-5-7-12(9-11)19(22)23/h4-7,9,14H,1,8H2,2-3H3,(H,17,21)/t14-/m0/s1. The molecule has 24 heavy (non-hydrogen) atoms. The molecule has 2 rings (SSSR count). The van der Waals surface area contributed by atoms with E-state index in [1.165, 1.54) is 36.3 Å². The minimum Gasteiger partial charge on any atom is -0.466 e. The van der Waals surface area contributed by atoms with Crippen LogP contribution in [0.15, 0.2) is 48.2 Å². The number of nitrogens with zero attached hydrogens (tertiary/aromatic N) is 2. The Morgan fingerprint density at radius 3 is 2.83 bits per heavy atom. The van der Waals surface area contributed by atoms with E-state index in [1.807, 2.05) is 0 Å². The average molecular weight is 331 g/mol. The van der Waals surface area contributed by atoms with Gasteiger partial charge < -0.3 is 10.1 Å². The van der Waals surface area contributed by atoms with Crippen LogP contribution in [0.3, 0.4) is 0 Å². The SMILES string of the molecule is C=CCN1C(=O)N[C@@H](c2cccc([N+](=O)[O-])c2)C(C(=O)OC)=C1C. The molecule has 0 unspecified atom stereocenters. The molecule has 0 saturated carbocycles. The number of nitrogens with one attached hydrogen (secondary N) is 1. The summed E-state index contributed by atoms with van der Waals surface area (Å²) >= 11 is 0. The first-order valence-corrected chi connectivity index (χ1v) is 7.13. The summed E-state index contributed by atoms with van der Waals surface area (Å²) < 4.78 is 4.82. The number of urea groups is 1. The number of esters is 1. The molecule has 1 heterocycles. The number of hydrogen-bond acceptors (Lipinski definition) is 5. The molecule has 0 aromatic heterocycles. The monoisotopic (exact) mass is 331 g/mol. The molecule has 0 bridgehead atoms. The molecule has 1 aliphatic heterocycles. The Bertz CT molecular complexity index is 741. The summed E-state index contributed by atoms with van der Waals surface area (Å²) in [5.74, 6) is -0.613. The highest BCUT2D eigenvalue weighted by Gasteiger charge is 2.36. The minimum absolute atomic E-state index is 0.128. The van der Waals surface area contributed by atoms with Crippen molar-refractivity contribution in [2.75, 3.05) is 13.7 Å². The maximum Gasteiger partial charge on any atom is 0.337 e. The number of amides is 2. The van der Waals surface area contributed by atoms with Gasteiger partial charge >= 0.3 is 12.0 Å². The van der Waals surface area contributed by atoms with Gasteiger partial charge in [0.2, 0.25) is 0 Å². The van der Waals surface area contributed by atoms with Crippen LogP contribution in [-0.2, 0) is 9.53 Å². The zero-order valence-corrected chi connectivity index (χ0v) is 13.3. The fourth-order valence-electron chi connectivity index (χ4n) is 2.57. The summed E-state index contributed by atoms with van der Waals surface area (Å²) in [4.78, 5) is 36.3. The number of allylic oxidation sites excluding steroid dienone is 1. The molecule has 8 heteroatoms. The number of non-ortho nitro benzene ring substituents is 1. The van der Waals surface area contributed by atoms with Crippen LogP contribution in [0.4, 0.5) is 10.5 Å². The molecule has 1 aromatic rings. The molecular weight excluding hydrogens is 314 g/mol. The third kappa shape index (κ3) is 3.12. The molecule has 1 aromatic carbocycles. The molecule has 0 aliphatic carbocycles. The molecule has 0 spiro atoms. The van der Waals surface area contributed by atoms with Crippen molar-refractivity contribution in [1.29, 1.82) is 0 Å². The molecule has 1 atom stereocenters. The van der Waals surface area contributed by atoms with Gasteiger partial charge in [0.25, 0.3) is 5.69 Å². The zero-order chi connectivity index (χ0) is 17.9. The lowest BCUT2D eigenvalue weighted by molar-refractivity contribution is -0.384. The maximum absolute atomic E-state index is 12.3. The van der Waals surface area contributed by atoms with Crippen LogP contribution in [0.25, 0.3) is 0 Å². The summed E-state index contributed by atoms with van der Waals surface area (Å²) in [6.45, 7) is 5.43. The normalized spacial score (nSPS) is 17.3. The van der Waals surface area contributed by atoms with Gasteiger partial charge in [0.05, 0.1) is 23.6 Å². The highest BCUT2D eigenvalue weighted by atomic mass is 16.6. The van der Waals surface area contributed by atoms with Crippen LogP contribution in [0.5, 0.6) is 0 Å².